The predicted octanol–water partition coefficient (Wildman–Crippen LogP) is 3.80. The van der Waals surface area contributed by atoms with Crippen LogP contribution < -0.4 is 5.32 Å². The van der Waals surface area contributed by atoms with Crippen LogP contribution in [-0.4, -0.2) is 12.6 Å². The highest BCUT2D eigenvalue weighted by Gasteiger charge is 2.25. The Hall–Kier alpha value is -0.600. The van der Waals surface area contributed by atoms with Gasteiger partial charge < -0.3 is 5.32 Å². The number of rotatable bonds is 5. The number of nitrogens with one attached hydrogen (secondary N) is 1. The fourth-order valence-electron chi connectivity index (χ4n) is 1.95. The number of hydrogen-bond acceptors (Lipinski definition) is 1. The second-order valence-corrected chi connectivity index (χ2v) is 6.14. The maximum atomic E-state index is 12.9. The summed E-state index contributed by atoms with van der Waals surface area (Å²) < 4.78 is 12.9. The summed E-state index contributed by atoms with van der Waals surface area (Å²) in [5.41, 5.74) is 1.17. The van der Waals surface area contributed by atoms with E-state index in [9.17, 15) is 4.39 Å². The van der Waals surface area contributed by atoms with E-state index < -0.39 is 0 Å². The van der Waals surface area contributed by atoms with E-state index >= 15 is 0 Å². The van der Waals surface area contributed by atoms with E-state index in [1.165, 1.54) is 25.0 Å². The van der Waals surface area contributed by atoms with Gasteiger partial charge in [0, 0.05) is 17.6 Å². The quantitative estimate of drug-likeness (QED) is 0.844. The van der Waals surface area contributed by atoms with Crippen molar-refractivity contribution in [3.8, 4) is 0 Å². The van der Waals surface area contributed by atoms with Gasteiger partial charge in [-0.15, -0.1) is 0 Å². The molecule has 0 amide bonds. The Bertz CT molecular complexity index is 399. The molecule has 1 aromatic carbocycles. The largest absolute Gasteiger partial charge is 0.313 e. The van der Waals surface area contributed by atoms with Gasteiger partial charge in [-0.25, -0.2) is 4.39 Å². The first-order chi connectivity index (χ1) is 7.96. The second kappa shape index (κ2) is 4.95. The van der Waals surface area contributed by atoms with E-state index in [0.717, 1.165) is 24.6 Å². The molecule has 0 aliphatic heterocycles. The van der Waals surface area contributed by atoms with Crippen LogP contribution in [0.15, 0.2) is 18.2 Å². The first-order valence-electron chi connectivity index (χ1n) is 6.14. The lowest BCUT2D eigenvalue weighted by molar-refractivity contribution is 0.337. The van der Waals surface area contributed by atoms with E-state index in [2.05, 4.69) is 19.2 Å². The van der Waals surface area contributed by atoms with Gasteiger partial charge in [0.15, 0.2) is 0 Å². The zero-order valence-electron chi connectivity index (χ0n) is 10.4. The van der Waals surface area contributed by atoms with Gasteiger partial charge in [-0.3, -0.25) is 0 Å². The van der Waals surface area contributed by atoms with Gasteiger partial charge in [0.1, 0.15) is 5.82 Å². The molecule has 1 aliphatic rings. The summed E-state index contributed by atoms with van der Waals surface area (Å²) in [6.45, 7) is 5.40. The van der Waals surface area contributed by atoms with Gasteiger partial charge in [-0.1, -0.05) is 31.5 Å². The minimum absolute atomic E-state index is 0.143. The molecule has 1 N–H and O–H groups in total. The van der Waals surface area contributed by atoms with Crippen molar-refractivity contribution in [1.29, 1.82) is 0 Å². The van der Waals surface area contributed by atoms with Gasteiger partial charge in [0.2, 0.25) is 0 Å². The summed E-state index contributed by atoms with van der Waals surface area (Å²) in [6.07, 6.45) is 3.46. The predicted molar refractivity (Wildman–Crippen MR) is 69.9 cm³/mol. The molecule has 0 radical (unpaired) electrons. The van der Waals surface area contributed by atoms with Gasteiger partial charge in [-0.05, 0) is 42.4 Å². The Kier molecular flexibility index (Phi) is 3.74. The molecule has 1 aromatic rings. The molecule has 1 fully saturated rings. The zero-order chi connectivity index (χ0) is 12.5. The standard InChI is InChI=1S/C14H19ClFN/c1-14(2,9-17-12-5-6-12)8-10-3-4-11(16)7-13(10)15/h3-4,7,12,17H,5-6,8-9H2,1-2H3. The van der Waals surface area contributed by atoms with E-state index in [-0.39, 0.29) is 11.2 Å². The summed E-state index contributed by atoms with van der Waals surface area (Å²) in [4.78, 5) is 0. The molecular formula is C14H19ClFN. The van der Waals surface area contributed by atoms with Crippen molar-refractivity contribution in [2.75, 3.05) is 6.54 Å². The SMILES string of the molecule is CC(C)(CNC1CC1)Cc1ccc(F)cc1Cl. The number of benzene rings is 1. The third kappa shape index (κ3) is 3.97. The maximum Gasteiger partial charge on any atom is 0.124 e. The molecule has 94 valence electrons. The first kappa shape index (κ1) is 12.8. The molecule has 2 rings (SSSR count). The molecule has 0 aromatic heterocycles. The lowest BCUT2D eigenvalue weighted by atomic mass is 9.85. The Morgan fingerprint density at radius 1 is 1.41 bits per heavy atom. The molecule has 0 saturated heterocycles. The van der Waals surface area contributed by atoms with Gasteiger partial charge in [-0.2, -0.15) is 0 Å². The molecule has 0 unspecified atom stereocenters. The van der Waals surface area contributed by atoms with Crippen molar-refractivity contribution in [3.05, 3.63) is 34.6 Å². The summed E-state index contributed by atoms with van der Waals surface area (Å²) >= 11 is 6.05. The van der Waals surface area contributed by atoms with Crippen LogP contribution in [0.25, 0.3) is 0 Å². The monoisotopic (exact) mass is 255 g/mol. The number of halogens is 2. The fourth-order valence-corrected chi connectivity index (χ4v) is 2.19. The van der Waals surface area contributed by atoms with Gasteiger partial charge >= 0.3 is 0 Å². The molecule has 1 aliphatic carbocycles. The van der Waals surface area contributed by atoms with Crippen LogP contribution >= 0.6 is 11.6 Å². The normalized spacial score (nSPS) is 16.2. The highest BCUT2D eigenvalue weighted by Crippen LogP contribution is 2.28. The Morgan fingerprint density at radius 3 is 2.71 bits per heavy atom. The molecular weight excluding hydrogens is 237 g/mol. The molecule has 3 heteroatoms. The Morgan fingerprint density at radius 2 is 2.12 bits per heavy atom. The number of hydrogen-bond donors (Lipinski definition) is 1. The first-order valence-corrected chi connectivity index (χ1v) is 6.51. The average Bonchev–Trinajstić information content (AvgIpc) is 3.03. The second-order valence-electron chi connectivity index (χ2n) is 5.73. The van der Waals surface area contributed by atoms with Crippen LogP contribution in [0.2, 0.25) is 5.02 Å². The minimum atomic E-state index is -0.271. The van der Waals surface area contributed by atoms with Crippen molar-refractivity contribution in [2.45, 2.75) is 39.2 Å². The third-order valence-corrected chi connectivity index (χ3v) is 3.48. The minimum Gasteiger partial charge on any atom is -0.313 e. The van der Waals surface area contributed by atoms with E-state index in [0.29, 0.717) is 5.02 Å². The topological polar surface area (TPSA) is 12.0 Å². The van der Waals surface area contributed by atoms with E-state index in [1.807, 2.05) is 0 Å². The van der Waals surface area contributed by atoms with Crippen molar-refractivity contribution < 1.29 is 4.39 Å². The van der Waals surface area contributed by atoms with Gasteiger partial charge in [0.05, 0.1) is 0 Å². The Labute approximate surface area is 107 Å². The smallest absolute Gasteiger partial charge is 0.124 e. The van der Waals surface area contributed by atoms with Gasteiger partial charge in [0.25, 0.3) is 0 Å². The van der Waals surface area contributed by atoms with Crippen LogP contribution in [0, 0.1) is 11.2 Å². The third-order valence-electron chi connectivity index (χ3n) is 3.13. The van der Waals surface area contributed by atoms with Crippen molar-refractivity contribution >= 4 is 11.6 Å². The molecule has 0 heterocycles. The zero-order valence-corrected chi connectivity index (χ0v) is 11.1. The molecule has 0 bridgehead atoms. The van der Waals surface area contributed by atoms with Crippen LogP contribution in [0.4, 0.5) is 4.39 Å². The maximum absolute atomic E-state index is 12.9. The molecule has 0 atom stereocenters. The van der Waals surface area contributed by atoms with Crippen molar-refractivity contribution in [1.82, 2.24) is 5.32 Å². The Balaban J connectivity index is 1.97. The highest BCUT2D eigenvalue weighted by atomic mass is 35.5. The summed E-state index contributed by atoms with van der Waals surface area (Å²) in [5.74, 6) is -0.271. The summed E-state index contributed by atoms with van der Waals surface area (Å²) in [5, 5.41) is 4.06. The summed E-state index contributed by atoms with van der Waals surface area (Å²) in [6, 6.07) is 5.38. The average molecular weight is 256 g/mol. The highest BCUT2D eigenvalue weighted by molar-refractivity contribution is 6.31. The molecule has 1 nitrogen and oxygen atoms in total. The van der Waals surface area contributed by atoms with E-state index in [1.54, 1.807) is 6.07 Å². The molecule has 1 saturated carbocycles. The van der Waals surface area contributed by atoms with Crippen molar-refractivity contribution in [2.24, 2.45) is 5.41 Å². The van der Waals surface area contributed by atoms with Crippen LogP contribution in [0.5, 0.6) is 0 Å². The lowest BCUT2D eigenvalue weighted by Gasteiger charge is -2.25. The van der Waals surface area contributed by atoms with Crippen LogP contribution in [-0.2, 0) is 6.42 Å². The van der Waals surface area contributed by atoms with E-state index in [4.69, 9.17) is 11.6 Å². The fraction of sp³-hybridized carbons (Fsp3) is 0.571. The van der Waals surface area contributed by atoms with Crippen molar-refractivity contribution in [3.63, 3.8) is 0 Å². The van der Waals surface area contributed by atoms with Crippen LogP contribution in [0.1, 0.15) is 32.3 Å². The molecule has 17 heavy (non-hydrogen) atoms. The van der Waals surface area contributed by atoms with Crippen LogP contribution in [0.3, 0.4) is 0 Å². The lowest BCUT2D eigenvalue weighted by Crippen LogP contribution is -2.32. The molecule has 0 spiro atoms. The summed E-state index contributed by atoms with van der Waals surface area (Å²) in [7, 11) is 0.